The highest BCUT2D eigenvalue weighted by atomic mass is 35.5. The second kappa shape index (κ2) is 5.25. The highest BCUT2D eigenvalue weighted by molar-refractivity contribution is 6.40. The Hall–Kier alpha value is -1.46. The number of rotatable bonds is 1. The number of halogens is 2. The van der Waals surface area contributed by atoms with Crippen LogP contribution in [0.15, 0.2) is 18.2 Å². The molecule has 0 saturated heterocycles. The maximum atomic E-state index is 11.0. The molecule has 0 aliphatic heterocycles. The van der Waals surface area contributed by atoms with Crippen LogP contribution in [0.5, 0.6) is 0 Å². The SMILES string of the molecule is CN(C(=N)N(C)c1c(Cl)cccc1Cl)C(N)=O. The van der Waals surface area contributed by atoms with Crippen LogP contribution in [0.4, 0.5) is 10.5 Å². The molecule has 2 amide bonds. The summed E-state index contributed by atoms with van der Waals surface area (Å²) in [5.74, 6) is -0.118. The van der Waals surface area contributed by atoms with Crippen molar-refractivity contribution in [1.82, 2.24) is 4.90 Å². The highest BCUT2D eigenvalue weighted by Gasteiger charge is 2.19. The molecule has 0 aromatic heterocycles. The van der Waals surface area contributed by atoms with Gasteiger partial charge in [0.25, 0.3) is 0 Å². The maximum absolute atomic E-state index is 11.0. The number of nitrogens with zero attached hydrogens (tertiary/aromatic N) is 2. The van der Waals surface area contributed by atoms with Gasteiger partial charge in [-0.15, -0.1) is 0 Å². The summed E-state index contributed by atoms with van der Waals surface area (Å²) in [5, 5.41) is 8.58. The second-order valence-corrected chi connectivity index (χ2v) is 4.16. The Labute approximate surface area is 109 Å². The first-order valence-corrected chi connectivity index (χ1v) is 5.41. The van der Waals surface area contributed by atoms with Gasteiger partial charge in [0, 0.05) is 14.1 Å². The van der Waals surface area contributed by atoms with E-state index in [1.165, 1.54) is 11.9 Å². The lowest BCUT2D eigenvalue weighted by atomic mass is 10.3. The van der Waals surface area contributed by atoms with Crippen molar-refractivity contribution in [2.75, 3.05) is 19.0 Å². The second-order valence-electron chi connectivity index (χ2n) is 3.35. The van der Waals surface area contributed by atoms with Gasteiger partial charge < -0.3 is 10.6 Å². The van der Waals surface area contributed by atoms with E-state index >= 15 is 0 Å². The number of carbonyl (C=O) groups excluding carboxylic acids is 1. The number of nitrogens with one attached hydrogen (secondary N) is 1. The summed E-state index contributed by atoms with van der Waals surface area (Å²) in [6, 6.07) is 4.27. The molecule has 1 aromatic rings. The molecular formula is C10H12Cl2N4O. The van der Waals surface area contributed by atoms with E-state index < -0.39 is 6.03 Å². The van der Waals surface area contributed by atoms with Crippen LogP contribution in [0.25, 0.3) is 0 Å². The first kappa shape index (κ1) is 13.6. The minimum atomic E-state index is -0.731. The van der Waals surface area contributed by atoms with Gasteiger partial charge >= 0.3 is 6.03 Å². The number of benzene rings is 1. The molecule has 0 saturated carbocycles. The van der Waals surface area contributed by atoms with Crippen molar-refractivity contribution in [3.8, 4) is 0 Å². The Morgan fingerprint density at radius 2 is 1.76 bits per heavy atom. The van der Waals surface area contributed by atoms with E-state index in [4.69, 9.17) is 34.3 Å². The van der Waals surface area contributed by atoms with Crippen LogP contribution in [-0.4, -0.2) is 31.0 Å². The normalized spacial score (nSPS) is 9.88. The van der Waals surface area contributed by atoms with E-state index in [9.17, 15) is 4.79 Å². The van der Waals surface area contributed by atoms with Crippen molar-refractivity contribution in [1.29, 1.82) is 5.41 Å². The third-order valence-electron chi connectivity index (χ3n) is 2.24. The van der Waals surface area contributed by atoms with E-state index in [0.29, 0.717) is 15.7 Å². The largest absolute Gasteiger partial charge is 0.351 e. The van der Waals surface area contributed by atoms with Crippen LogP contribution in [0.2, 0.25) is 10.0 Å². The Morgan fingerprint density at radius 3 is 2.18 bits per heavy atom. The number of hydrogen-bond donors (Lipinski definition) is 2. The lowest BCUT2D eigenvalue weighted by molar-refractivity contribution is 0.235. The van der Waals surface area contributed by atoms with Crippen LogP contribution in [-0.2, 0) is 0 Å². The molecule has 0 aliphatic carbocycles. The van der Waals surface area contributed by atoms with Crippen molar-refractivity contribution < 1.29 is 4.79 Å². The number of nitrogens with two attached hydrogens (primary N) is 1. The predicted octanol–water partition coefficient (Wildman–Crippen LogP) is 2.37. The number of amides is 2. The zero-order chi connectivity index (χ0) is 13.2. The minimum Gasteiger partial charge on any atom is -0.351 e. The molecule has 0 spiro atoms. The van der Waals surface area contributed by atoms with Crippen molar-refractivity contribution in [2.45, 2.75) is 0 Å². The third kappa shape index (κ3) is 2.81. The summed E-state index contributed by atoms with van der Waals surface area (Å²) in [4.78, 5) is 13.3. The number of carbonyl (C=O) groups is 1. The van der Waals surface area contributed by atoms with Crippen molar-refractivity contribution >= 4 is 40.9 Å². The summed E-state index contributed by atoms with van der Waals surface area (Å²) in [6.45, 7) is 0. The topological polar surface area (TPSA) is 73.4 Å². The molecule has 3 N–H and O–H groups in total. The summed E-state index contributed by atoms with van der Waals surface area (Å²) in [6.07, 6.45) is 0. The van der Waals surface area contributed by atoms with Gasteiger partial charge in [-0.05, 0) is 12.1 Å². The first-order chi connectivity index (χ1) is 7.86. The standard InChI is InChI=1S/C10H12Cl2N4O/c1-15(9(13)16(2)10(14)17)8-6(11)4-3-5-7(8)12/h3-5,13H,1-2H3,(H2,14,17). The average molecular weight is 275 g/mol. The first-order valence-electron chi connectivity index (χ1n) is 4.65. The summed E-state index contributed by atoms with van der Waals surface area (Å²) in [5.41, 5.74) is 5.54. The zero-order valence-electron chi connectivity index (χ0n) is 9.37. The maximum Gasteiger partial charge on any atom is 0.321 e. The van der Waals surface area contributed by atoms with E-state index in [-0.39, 0.29) is 5.96 Å². The molecule has 92 valence electrons. The molecule has 1 aromatic carbocycles. The molecule has 0 atom stereocenters. The number of hydrogen-bond acceptors (Lipinski definition) is 2. The molecule has 5 nitrogen and oxygen atoms in total. The predicted molar refractivity (Wildman–Crippen MR) is 69.9 cm³/mol. The Morgan fingerprint density at radius 1 is 1.29 bits per heavy atom. The monoisotopic (exact) mass is 274 g/mol. The average Bonchev–Trinajstić information content (AvgIpc) is 2.26. The molecule has 7 heteroatoms. The molecule has 0 heterocycles. The van der Waals surface area contributed by atoms with Crippen LogP contribution in [0.1, 0.15) is 0 Å². The molecule has 0 fully saturated rings. The number of primary amides is 1. The van der Waals surface area contributed by atoms with Crippen LogP contribution in [0.3, 0.4) is 0 Å². The fraction of sp³-hybridized carbons (Fsp3) is 0.200. The number of anilines is 1. The lowest BCUT2D eigenvalue weighted by Crippen LogP contribution is -2.45. The summed E-state index contributed by atoms with van der Waals surface area (Å²) < 4.78 is 0. The van der Waals surface area contributed by atoms with E-state index in [1.54, 1.807) is 25.2 Å². The number of para-hydroxylation sites is 1. The lowest BCUT2D eigenvalue weighted by Gasteiger charge is -2.26. The van der Waals surface area contributed by atoms with E-state index in [0.717, 1.165) is 4.90 Å². The van der Waals surface area contributed by atoms with Crippen molar-refractivity contribution in [3.63, 3.8) is 0 Å². The molecule has 1 rings (SSSR count). The Balaban J connectivity index is 3.09. The van der Waals surface area contributed by atoms with Gasteiger partial charge in [-0.1, -0.05) is 29.3 Å². The Kier molecular flexibility index (Phi) is 4.20. The van der Waals surface area contributed by atoms with Gasteiger partial charge in [0.1, 0.15) is 0 Å². The number of urea groups is 1. The van der Waals surface area contributed by atoms with Crippen molar-refractivity contribution in [2.24, 2.45) is 5.73 Å². The summed E-state index contributed by atoms with van der Waals surface area (Å²) in [7, 11) is 2.97. The van der Waals surface area contributed by atoms with E-state index in [1.807, 2.05) is 0 Å². The van der Waals surface area contributed by atoms with Crippen LogP contribution >= 0.6 is 23.2 Å². The van der Waals surface area contributed by atoms with Crippen LogP contribution < -0.4 is 10.6 Å². The smallest absolute Gasteiger partial charge is 0.321 e. The fourth-order valence-corrected chi connectivity index (χ4v) is 1.90. The summed E-state index contributed by atoms with van der Waals surface area (Å²) >= 11 is 12.0. The fourth-order valence-electron chi connectivity index (χ4n) is 1.24. The Bertz CT molecular complexity index is 443. The minimum absolute atomic E-state index is 0.118. The van der Waals surface area contributed by atoms with Gasteiger partial charge in [-0.3, -0.25) is 10.3 Å². The van der Waals surface area contributed by atoms with Crippen molar-refractivity contribution in [3.05, 3.63) is 28.2 Å². The van der Waals surface area contributed by atoms with Crippen LogP contribution in [0, 0.1) is 5.41 Å². The van der Waals surface area contributed by atoms with Gasteiger partial charge in [0.15, 0.2) is 0 Å². The van der Waals surface area contributed by atoms with Gasteiger partial charge in [-0.2, -0.15) is 0 Å². The van der Waals surface area contributed by atoms with Gasteiger partial charge in [0.05, 0.1) is 15.7 Å². The third-order valence-corrected chi connectivity index (χ3v) is 2.85. The molecule has 0 unspecified atom stereocenters. The molecule has 17 heavy (non-hydrogen) atoms. The van der Waals surface area contributed by atoms with Gasteiger partial charge in [-0.25, -0.2) is 4.79 Å². The molecule has 0 radical (unpaired) electrons. The van der Waals surface area contributed by atoms with E-state index in [2.05, 4.69) is 0 Å². The number of guanidine groups is 1. The highest BCUT2D eigenvalue weighted by Crippen LogP contribution is 2.32. The molecule has 0 bridgehead atoms. The molecular weight excluding hydrogens is 263 g/mol. The quantitative estimate of drug-likeness (QED) is 0.610. The van der Waals surface area contributed by atoms with Gasteiger partial charge in [0.2, 0.25) is 5.96 Å². The molecule has 0 aliphatic rings. The zero-order valence-corrected chi connectivity index (χ0v) is 10.9.